The summed E-state index contributed by atoms with van der Waals surface area (Å²) in [4.78, 5) is 41.1. The third-order valence-electron chi connectivity index (χ3n) is 9.31. The van der Waals surface area contributed by atoms with E-state index in [-0.39, 0.29) is 0 Å². The first-order valence-corrected chi connectivity index (χ1v) is 18.7. The van der Waals surface area contributed by atoms with Crippen molar-refractivity contribution in [1.82, 2.24) is 0 Å². The van der Waals surface area contributed by atoms with Crippen molar-refractivity contribution < 1.29 is 47.9 Å². The van der Waals surface area contributed by atoms with Crippen molar-refractivity contribution in [2.75, 3.05) is 29.7 Å². The largest absolute Gasteiger partial charge is 0.457 e. The predicted octanol–water partition coefficient (Wildman–Crippen LogP) is 9.33. The van der Waals surface area contributed by atoms with Crippen LogP contribution in [0.25, 0.3) is 22.3 Å². The van der Waals surface area contributed by atoms with Gasteiger partial charge in [-0.1, -0.05) is 115 Å². The number of benzene rings is 6. The number of methoxy groups -OCH3 is 1. The number of para-hydroxylation sites is 3. The van der Waals surface area contributed by atoms with E-state index in [1.54, 1.807) is 48.5 Å². The highest BCUT2D eigenvalue weighted by Gasteiger charge is 2.53. The Bertz CT molecular complexity index is 2310. The molecule has 0 bridgehead atoms. The molecule has 0 unspecified atom stereocenters. The van der Waals surface area contributed by atoms with Gasteiger partial charge in [-0.3, -0.25) is 16.0 Å². The fourth-order valence-electron chi connectivity index (χ4n) is 6.57. The minimum absolute atomic E-state index is 0.347. The summed E-state index contributed by atoms with van der Waals surface area (Å²) in [7, 11) is 1.30. The summed E-state index contributed by atoms with van der Waals surface area (Å²) in [6.45, 7) is -0.689. The first kappa shape index (κ1) is 40.0. The SMILES string of the molecule is CO[C@H]1O[C@H](CO)[C@@H](OC(=O)Nc2ccc(Oc3ccccc3)cc2)[C@H](OC(=O)Nc2ccccc2-c2ccccc2)[C@H]1OC(=O)Nc1ccccc1-c1ccccc1. The number of carbonyl (C=O) groups excluding carboxylic acids is 3. The molecule has 1 heterocycles. The molecule has 3 amide bonds. The molecule has 6 aromatic carbocycles. The molecule has 4 N–H and O–H groups in total. The Hall–Kier alpha value is -7.19. The number of aliphatic hydroxyl groups is 1. The minimum Gasteiger partial charge on any atom is -0.457 e. The second-order valence-electron chi connectivity index (χ2n) is 13.2. The highest BCUT2D eigenvalue weighted by molar-refractivity contribution is 5.93. The number of nitrogens with one attached hydrogen (secondary N) is 3. The molecule has 13 nitrogen and oxygen atoms in total. The van der Waals surface area contributed by atoms with Crippen molar-refractivity contribution in [2.24, 2.45) is 0 Å². The van der Waals surface area contributed by atoms with Gasteiger partial charge in [0.05, 0.1) is 18.0 Å². The number of rotatable bonds is 12. The van der Waals surface area contributed by atoms with Crippen LogP contribution in [0.4, 0.5) is 31.4 Å². The van der Waals surface area contributed by atoms with Crippen molar-refractivity contribution in [3.05, 3.63) is 164 Å². The lowest BCUT2D eigenvalue weighted by Crippen LogP contribution is -2.63. The maximum atomic E-state index is 13.9. The van der Waals surface area contributed by atoms with Gasteiger partial charge in [0, 0.05) is 23.9 Å². The third kappa shape index (κ3) is 10.2. The summed E-state index contributed by atoms with van der Waals surface area (Å²) in [5, 5.41) is 18.7. The Morgan fingerprint density at radius 3 is 1.49 bits per heavy atom. The number of ether oxygens (including phenoxy) is 6. The maximum Gasteiger partial charge on any atom is 0.412 e. The topological polar surface area (TPSA) is 163 Å². The zero-order valence-corrected chi connectivity index (χ0v) is 31.8. The van der Waals surface area contributed by atoms with Crippen molar-refractivity contribution in [2.45, 2.75) is 30.7 Å². The molecule has 1 saturated heterocycles. The Balaban J connectivity index is 1.14. The van der Waals surface area contributed by atoms with E-state index in [9.17, 15) is 19.5 Å². The fourth-order valence-corrected chi connectivity index (χ4v) is 6.57. The lowest BCUT2D eigenvalue weighted by Gasteiger charge is -2.43. The van der Waals surface area contributed by atoms with Crippen LogP contribution in [0, 0.1) is 0 Å². The van der Waals surface area contributed by atoms with E-state index in [4.69, 9.17) is 28.4 Å². The van der Waals surface area contributed by atoms with Crippen molar-refractivity contribution in [1.29, 1.82) is 0 Å². The van der Waals surface area contributed by atoms with Gasteiger partial charge in [0.15, 0.2) is 24.6 Å². The van der Waals surface area contributed by atoms with Gasteiger partial charge >= 0.3 is 18.3 Å². The first-order valence-electron chi connectivity index (χ1n) is 18.7. The van der Waals surface area contributed by atoms with Crippen molar-refractivity contribution in [3.63, 3.8) is 0 Å². The number of hydrogen-bond acceptors (Lipinski definition) is 10. The fraction of sp³-hybridized carbons (Fsp3) is 0.152. The Labute approximate surface area is 340 Å². The van der Waals surface area contributed by atoms with Gasteiger partial charge in [-0.2, -0.15) is 0 Å². The van der Waals surface area contributed by atoms with Crippen LogP contribution < -0.4 is 20.7 Å². The second kappa shape index (κ2) is 19.3. The van der Waals surface area contributed by atoms with Crippen LogP contribution in [0.1, 0.15) is 0 Å². The molecule has 0 saturated carbocycles. The first-order chi connectivity index (χ1) is 28.9. The van der Waals surface area contributed by atoms with Gasteiger partial charge < -0.3 is 33.5 Å². The summed E-state index contributed by atoms with van der Waals surface area (Å²) < 4.78 is 35.1. The summed E-state index contributed by atoms with van der Waals surface area (Å²) in [5.74, 6) is 1.17. The smallest absolute Gasteiger partial charge is 0.412 e. The van der Waals surface area contributed by atoms with Crippen LogP contribution in [0.15, 0.2) is 164 Å². The summed E-state index contributed by atoms with van der Waals surface area (Å²) in [5.41, 5.74) is 4.30. The van der Waals surface area contributed by atoms with Crippen LogP contribution in [0.5, 0.6) is 11.5 Å². The molecular formula is C46H41N3O10. The summed E-state index contributed by atoms with van der Waals surface area (Å²) in [6.07, 6.45) is -10.2. The number of anilines is 3. The van der Waals surface area contributed by atoms with E-state index >= 15 is 0 Å². The monoisotopic (exact) mass is 795 g/mol. The normalized spacial score (nSPS) is 18.4. The van der Waals surface area contributed by atoms with Gasteiger partial charge in [-0.25, -0.2) is 14.4 Å². The molecule has 0 spiro atoms. The molecule has 13 heteroatoms. The average molecular weight is 796 g/mol. The molecule has 1 aliphatic heterocycles. The number of aliphatic hydroxyl groups excluding tert-OH is 1. The lowest BCUT2D eigenvalue weighted by molar-refractivity contribution is -0.290. The second-order valence-corrected chi connectivity index (χ2v) is 13.2. The van der Waals surface area contributed by atoms with Crippen LogP contribution >= 0.6 is 0 Å². The predicted molar refractivity (Wildman–Crippen MR) is 221 cm³/mol. The van der Waals surface area contributed by atoms with Crippen LogP contribution in [0.3, 0.4) is 0 Å². The van der Waals surface area contributed by atoms with Crippen LogP contribution in [-0.2, 0) is 23.7 Å². The zero-order valence-electron chi connectivity index (χ0n) is 31.8. The lowest BCUT2D eigenvalue weighted by atomic mass is 9.98. The molecule has 5 atom stereocenters. The number of hydrogen-bond donors (Lipinski definition) is 4. The van der Waals surface area contributed by atoms with E-state index < -0.39 is 55.6 Å². The Kier molecular flexibility index (Phi) is 13.1. The molecule has 1 aliphatic rings. The van der Waals surface area contributed by atoms with E-state index in [1.165, 1.54) is 7.11 Å². The van der Waals surface area contributed by atoms with Gasteiger partial charge in [-0.15, -0.1) is 0 Å². The molecule has 0 aliphatic carbocycles. The van der Waals surface area contributed by atoms with Crippen LogP contribution in [0.2, 0.25) is 0 Å². The van der Waals surface area contributed by atoms with Gasteiger partial charge in [0.1, 0.15) is 17.6 Å². The van der Waals surface area contributed by atoms with Gasteiger partial charge in [-0.05, 0) is 59.7 Å². The molecule has 0 radical (unpaired) electrons. The van der Waals surface area contributed by atoms with E-state index in [0.29, 0.717) is 34.1 Å². The van der Waals surface area contributed by atoms with E-state index in [2.05, 4.69) is 16.0 Å². The highest BCUT2D eigenvalue weighted by atomic mass is 16.7. The minimum atomic E-state index is -1.57. The average Bonchev–Trinajstić information content (AvgIpc) is 3.27. The van der Waals surface area contributed by atoms with E-state index in [0.717, 1.165) is 16.7 Å². The number of carbonyl (C=O) groups is 3. The maximum absolute atomic E-state index is 13.9. The molecule has 300 valence electrons. The quantitative estimate of drug-likeness (QED) is 0.0878. The van der Waals surface area contributed by atoms with Crippen molar-refractivity contribution >= 4 is 35.3 Å². The highest BCUT2D eigenvalue weighted by Crippen LogP contribution is 2.33. The Morgan fingerprint density at radius 2 is 0.966 bits per heavy atom. The van der Waals surface area contributed by atoms with E-state index in [1.807, 2.05) is 115 Å². The van der Waals surface area contributed by atoms with Crippen molar-refractivity contribution in [3.8, 4) is 33.8 Å². The summed E-state index contributed by atoms with van der Waals surface area (Å²) in [6, 6.07) is 48.8. The van der Waals surface area contributed by atoms with Crippen LogP contribution in [-0.4, -0.2) is 67.8 Å². The molecular weight excluding hydrogens is 755 g/mol. The molecule has 1 fully saturated rings. The number of amides is 3. The molecule has 0 aromatic heterocycles. The molecule has 6 aromatic rings. The summed E-state index contributed by atoms with van der Waals surface area (Å²) >= 11 is 0. The van der Waals surface area contributed by atoms with Gasteiger partial charge in [0.25, 0.3) is 0 Å². The molecule has 59 heavy (non-hydrogen) atoms. The molecule has 7 rings (SSSR count). The standard InChI is InChI=1S/C46H41N3O10/c1-54-43-42(59-46(53)49-38-24-14-12-22-36(38)31-17-7-3-8-18-31)41(58-45(52)48-37-23-13-11-21-35(37)30-15-5-2-6-16-30)40(39(29-50)56-43)57-44(51)47-32-25-27-34(28-26-32)55-33-19-9-4-10-20-33/h2-28,39-43,50H,29H2,1H3,(H,47,51)(H,48,52)(H,49,53)/t39-,40-,41+,42-,43+/m1/s1. The third-order valence-corrected chi connectivity index (χ3v) is 9.31. The Morgan fingerprint density at radius 1 is 0.525 bits per heavy atom. The zero-order chi connectivity index (χ0) is 41.0. The van der Waals surface area contributed by atoms with Gasteiger partial charge in [0.2, 0.25) is 0 Å².